The Morgan fingerprint density at radius 1 is 1.07 bits per heavy atom. The molecule has 0 spiro atoms. The van der Waals surface area contributed by atoms with Gasteiger partial charge in [-0.3, -0.25) is 4.79 Å². The van der Waals surface area contributed by atoms with Gasteiger partial charge in [0, 0.05) is 17.7 Å². The Morgan fingerprint density at radius 3 is 2.32 bits per heavy atom. The molecule has 1 aliphatic rings. The van der Waals surface area contributed by atoms with Gasteiger partial charge in [-0.1, -0.05) is 0 Å². The Bertz CT molecular complexity index is 940. The molecule has 0 radical (unpaired) electrons. The smallest absolute Gasteiger partial charge is 0.269 e. The summed E-state index contributed by atoms with van der Waals surface area (Å²) < 4.78 is 16.3. The molecule has 1 fully saturated rings. The molecule has 0 aliphatic heterocycles. The summed E-state index contributed by atoms with van der Waals surface area (Å²) in [5, 5.41) is 21.7. The highest BCUT2D eigenvalue weighted by atomic mass is 16.5. The van der Waals surface area contributed by atoms with E-state index in [2.05, 4.69) is 5.32 Å². The molecule has 7 heteroatoms. The summed E-state index contributed by atoms with van der Waals surface area (Å²) in [5.74, 6) is 1.40. The first-order valence-corrected chi connectivity index (χ1v) is 8.70. The maximum atomic E-state index is 12.2. The quantitative estimate of drug-likeness (QED) is 0.424. The van der Waals surface area contributed by atoms with E-state index in [0.29, 0.717) is 28.7 Å². The number of anilines is 1. The molecule has 0 aromatic heterocycles. The monoisotopic (exact) mass is 380 g/mol. The first-order chi connectivity index (χ1) is 13.5. The van der Waals surface area contributed by atoms with Crippen LogP contribution in [0.5, 0.6) is 23.0 Å². The number of nitrogens with one attached hydrogen (secondary N) is 1. The van der Waals surface area contributed by atoms with Crippen LogP contribution in [-0.4, -0.2) is 25.2 Å². The average molecular weight is 380 g/mol. The predicted molar refractivity (Wildman–Crippen MR) is 103 cm³/mol. The van der Waals surface area contributed by atoms with Gasteiger partial charge in [-0.25, -0.2) is 0 Å². The maximum absolute atomic E-state index is 12.2. The summed E-state index contributed by atoms with van der Waals surface area (Å²) in [5.41, 5.74) is 0.237. The molecule has 144 valence electrons. The number of carbonyl (C=O) groups is 1. The first kappa shape index (κ1) is 19.1. The molecule has 1 aliphatic carbocycles. The highest BCUT2D eigenvalue weighted by Gasteiger charge is 2.30. The van der Waals surface area contributed by atoms with E-state index in [1.165, 1.54) is 7.11 Å². The molecular formula is C21H20N2O5. The lowest BCUT2D eigenvalue weighted by molar-refractivity contribution is -0.112. The number of hydrogen-bond donors (Lipinski definition) is 2. The van der Waals surface area contributed by atoms with Crippen LogP contribution in [0.15, 0.2) is 53.8 Å². The molecular weight excluding hydrogens is 360 g/mol. The van der Waals surface area contributed by atoms with E-state index in [-0.39, 0.29) is 17.3 Å². The number of aliphatic hydroxyl groups is 1. The van der Waals surface area contributed by atoms with Crippen molar-refractivity contribution in [3.05, 3.63) is 53.8 Å². The summed E-state index contributed by atoms with van der Waals surface area (Å²) in [6.07, 6.45) is 1.59. The van der Waals surface area contributed by atoms with Crippen molar-refractivity contribution in [1.82, 2.24) is 0 Å². The van der Waals surface area contributed by atoms with E-state index in [1.807, 2.05) is 0 Å². The van der Waals surface area contributed by atoms with Gasteiger partial charge in [0.25, 0.3) is 5.91 Å². The Labute approximate surface area is 162 Å². The van der Waals surface area contributed by atoms with Crippen LogP contribution in [0.3, 0.4) is 0 Å². The highest BCUT2D eigenvalue weighted by Crippen LogP contribution is 2.37. The highest BCUT2D eigenvalue weighted by molar-refractivity contribution is 6.07. The zero-order valence-corrected chi connectivity index (χ0v) is 15.6. The number of nitriles is 1. The van der Waals surface area contributed by atoms with Crippen molar-refractivity contribution in [3.63, 3.8) is 0 Å². The van der Waals surface area contributed by atoms with Gasteiger partial charge >= 0.3 is 0 Å². The molecule has 0 heterocycles. The van der Waals surface area contributed by atoms with E-state index in [9.17, 15) is 9.90 Å². The van der Waals surface area contributed by atoms with Crippen molar-refractivity contribution in [2.24, 2.45) is 5.92 Å². The molecule has 28 heavy (non-hydrogen) atoms. The topological polar surface area (TPSA) is 101 Å². The second-order valence-corrected chi connectivity index (χ2v) is 6.24. The van der Waals surface area contributed by atoms with Crippen molar-refractivity contribution in [2.45, 2.75) is 12.8 Å². The van der Waals surface area contributed by atoms with E-state index < -0.39 is 5.91 Å². The summed E-state index contributed by atoms with van der Waals surface area (Å²) >= 11 is 0. The third kappa shape index (κ3) is 4.35. The van der Waals surface area contributed by atoms with Crippen LogP contribution < -0.4 is 19.5 Å². The van der Waals surface area contributed by atoms with E-state index in [1.54, 1.807) is 55.6 Å². The van der Waals surface area contributed by atoms with Gasteiger partial charge in [-0.2, -0.15) is 5.26 Å². The van der Waals surface area contributed by atoms with Gasteiger partial charge < -0.3 is 24.6 Å². The SMILES string of the molecule is COc1ccc(Oc2ccc(NC(=O)/C(C#N)=C(\O)C3CC3)cc2)c(OC)c1. The fourth-order valence-electron chi connectivity index (χ4n) is 2.57. The van der Waals surface area contributed by atoms with E-state index in [0.717, 1.165) is 12.8 Å². The third-order valence-corrected chi connectivity index (χ3v) is 4.27. The van der Waals surface area contributed by atoms with Crippen LogP contribution in [-0.2, 0) is 4.79 Å². The van der Waals surface area contributed by atoms with Gasteiger partial charge in [0.15, 0.2) is 17.1 Å². The van der Waals surface area contributed by atoms with Crippen molar-refractivity contribution < 1.29 is 24.1 Å². The first-order valence-electron chi connectivity index (χ1n) is 8.70. The number of carbonyl (C=O) groups excluding carboxylic acids is 1. The molecule has 0 unspecified atom stereocenters. The lowest BCUT2D eigenvalue weighted by Gasteiger charge is -2.12. The van der Waals surface area contributed by atoms with Crippen LogP contribution in [0, 0.1) is 17.2 Å². The Morgan fingerprint density at radius 2 is 1.75 bits per heavy atom. The van der Waals surface area contributed by atoms with Crippen LogP contribution >= 0.6 is 0 Å². The average Bonchev–Trinajstić information content (AvgIpc) is 3.55. The molecule has 7 nitrogen and oxygen atoms in total. The predicted octanol–water partition coefficient (Wildman–Crippen LogP) is 4.18. The lowest BCUT2D eigenvalue weighted by atomic mass is 10.1. The van der Waals surface area contributed by atoms with Gasteiger partial charge in [-0.15, -0.1) is 0 Å². The van der Waals surface area contributed by atoms with Crippen molar-refractivity contribution in [1.29, 1.82) is 5.26 Å². The molecule has 0 saturated heterocycles. The normalized spacial score (nSPS) is 13.8. The molecule has 2 aromatic carbocycles. The molecule has 3 rings (SSSR count). The number of amides is 1. The Balaban J connectivity index is 1.69. The minimum atomic E-state index is -0.627. The van der Waals surface area contributed by atoms with Gasteiger partial charge in [-0.05, 0) is 49.2 Å². The minimum Gasteiger partial charge on any atom is -0.510 e. The van der Waals surface area contributed by atoms with Crippen LogP contribution in [0.25, 0.3) is 0 Å². The largest absolute Gasteiger partial charge is 0.510 e. The fourth-order valence-corrected chi connectivity index (χ4v) is 2.57. The zero-order chi connectivity index (χ0) is 20.1. The fraction of sp³-hybridized carbons (Fsp3) is 0.238. The molecule has 0 atom stereocenters. The van der Waals surface area contributed by atoms with Gasteiger partial charge in [0.05, 0.1) is 14.2 Å². The van der Waals surface area contributed by atoms with E-state index in [4.69, 9.17) is 19.5 Å². The molecule has 1 amide bonds. The summed E-state index contributed by atoms with van der Waals surface area (Å²) in [4.78, 5) is 12.2. The molecule has 0 bridgehead atoms. The van der Waals surface area contributed by atoms with Crippen molar-refractivity contribution in [3.8, 4) is 29.1 Å². The number of allylic oxidation sites excluding steroid dienone is 1. The number of methoxy groups -OCH3 is 2. The number of ether oxygens (including phenoxy) is 3. The number of benzene rings is 2. The summed E-state index contributed by atoms with van der Waals surface area (Å²) in [7, 11) is 3.11. The third-order valence-electron chi connectivity index (χ3n) is 4.27. The second kappa shape index (κ2) is 8.35. The molecule has 2 aromatic rings. The van der Waals surface area contributed by atoms with Crippen LogP contribution in [0.1, 0.15) is 12.8 Å². The molecule has 1 saturated carbocycles. The Hall–Kier alpha value is -3.66. The Kier molecular flexibility index (Phi) is 5.70. The van der Waals surface area contributed by atoms with Crippen LogP contribution in [0.2, 0.25) is 0 Å². The lowest BCUT2D eigenvalue weighted by Crippen LogP contribution is -2.15. The van der Waals surface area contributed by atoms with Gasteiger partial charge in [0.1, 0.15) is 23.3 Å². The minimum absolute atomic E-state index is 0.0735. The van der Waals surface area contributed by atoms with E-state index >= 15 is 0 Å². The standard InChI is InChI=1S/C21H20N2O5/c1-26-16-9-10-18(19(11-16)27-2)28-15-7-5-14(6-8-15)23-21(25)17(12-22)20(24)13-3-4-13/h5-11,13,24H,3-4H2,1-2H3,(H,23,25)/b20-17-. The number of rotatable bonds is 7. The van der Waals surface area contributed by atoms with Gasteiger partial charge in [0.2, 0.25) is 0 Å². The zero-order valence-electron chi connectivity index (χ0n) is 15.6. The number of nitrogens with zero attached hydrogens (tertiary/aromatic N) is 1. The van der Waals surface area contributed by atoms with Crippen LogP contribution in [0.4, 0.5) is 5.69 Å². The summed E-state index contributed by atoms with van der Waals surface area (Å²) in [6, 6.07) is 13.6. The van der Waals surface area contributed by atoms with Crippen molar-refractivity contribution in [2.75, 3.05) is 19.5 Å². The van der Waals surface area contributed by atoms with Crippen molar-refractivity contribution >= 4 is 11.6 Å². The molecule has 2 N–H and O–H groups in total. The maximum Gasteiger partial charge on any atom is 0.269 e. The number of hydrogen-bond acceptors (Lipinski definition) is 6. The summed E-state index contributed by atoms with van der Waals surface area (Å²) in [6.45, 7) is 0. The number of aliphatic hydroxyl groups excluding tert-OH is 1. The second-order valence-electron chi connectivity index (χ2n) is 6.24.